The van der Waals surface area contributed by atoms with E-state index in [1.807, 2.05) is 39.0 Å². The Balaban J connectivity index is 5.59. The largest absolute Gasteiger partial charge is 0.396 e. The quantitative estimate of drug-likeness (QED) is 0.349. The lowest BCUT2D eigenvalue weighted by molar-refractivity contribution is 0.243. The van der Waals surface area contributed by atoms with Crippen molar-refractivity contribution >= 4 is 15.9 Å². The summed E-state index contributed by atoms with van der Waals surface area (Å²) in [7, 11) is 0. The molecule has 0 saturated carbocycles. The molecule has 0 aliphatic carbocycles. The molecule has 0 aromatic carbocycles. The van der Waals surface area contributed by atoms with Gasteiger partial charge in [0.15, 0.2) is 0 Å². The fraction of sp³-hybridized carbons (Fsp3) is 0.444. The van der Waals surface area contributed by atoms with Crippen molar-refractivity contribution in [1.29, 1.82) is 0 Å². The van der Waals surface area contributed by atoms with Crippen LogP contribution in [0.1, 0.15) is 41.5 Å². The highest BCUT2D eigenvalue weighted by molar-refractivity contribution is 9.12. The zero-order valence-corrected chi connectivity index (χ0v) is 16.8. The number of halogens is 1. The van der Waals surface area contributed by atoms with E-state index in [0.717, 1.165) is 15.9 Å². The molecule has 0 radical (unpaired) electrons. The molecule has 0 spiro atoms. The zero-order valence-electron chi connectivity index (χ0n) is 15.2. The third kappa shape index (κ3) is 7.57. The van der Waals surface area contributed by atoms with Crippen LogP contribution in [0.25, 0.3) is 0 Å². The molecule has 0 aromatic heterocycles. The van der Waals surface area contributed by atoms with Gasteiger partial charge in [-0.2, -0.15) is 0 Å². The Hall–Kier alpha value is -1.46. The normalized spacial score (nSPS) is 15.2. The van der Waals surface area contributed by atoms with Gasteiger partial charge in [0.05, 0.1) is 15.9 Å². The van der Waals surface area contributed by atoms with Crippen molar-refractivity contribution < 1.29 is 0 Å². The summed E-state index contributed by atoms with van der Waals surface area (Å²) in [5, 5.41) is 4.95. The van der Waals surface area contributed by atoms with Crippen LogP contribution in [0.5, 0.6) is 0 Å². The molecule has 0 aliphatic heterocycles. The lowest BCUT2D eigenvalue weighted by atomic mass is 9.96. The van der Waals surface area contributed by atoms with Crippen molar-refractivity contribution in [3.05, 3.63) is 58.2 Å². The van der Waals surface area contributed by atoms with Gasteiger partial charge < -0.3 is 16.1 Å². The van der Waals surface area contributed by atoms with Gasteiger partial charge in [-0.25, -0.2) is 5.84 Å². The Bertz CT molecular complexity index is 534. The predicted molar refractivity (Wildman–Crippen MR) is 105 cm³/mol. The highest BCUT2D eigenvalue weighted by Gasteiger charge is 2.18. The van der Waals surface area contributed by atoms with E-state index in [4.69, 9.17) is 11.6 Å². The summed E-state index contributed by atoms with van der Waals surface area (Å²) in [4.78, 5) is 0. The predicted octanol–water partition coefficient (Wildman–Crippen LogP) is 4.26. The molecule has 0 amide bonds. The number of rotatable bonds is 7. The van der Waals surface area contributed by atoms with Gasteiger partial charge in [0.1, 0.15) is 0 Å². The van der Waals surface area contributed by atoms with Crippen LogP contribution >= 0.6 is 15.9 Å². The fourth-order valence-electron chi connectivity index (χ4n) is 1.95. The topological polar surface area (TPSA) is 67.3 Å². The summed E-state index contributed by atoms with van der Waals surface area (Å²) in [5.74, 6) is 6.17. The first-order valence-corrected chi connectivity index (χ1v) is 8.43. The molecule has 130 valence electrons. The van der Waals surface area contributed by atoms with Gasteiger partial charge in [0.25, 0.3) is 0 Å². The van der Waals surface area contributed by atoms with Crippen molar-refractivity contribution in [2.45, 2.75) is 41.5 Å². The fourth-order valence-corrected chi connectivity index (χ4v) is 2.26. The molecule has 0 unspecified atom stereocenters. The molecule has 0 fully saturated rings. The average molecular weight is 383 g/mol. The number of hydrogen-bond donors (Lipinski definition) is 3. The third-order valence-electron chi connectivity index (χ3n) is 2.98. The molecule has 0 rings (SSSR count). The van der Waals surface area contributed by atoms with E-state index in [1.165, 1.54) is 0 Å². The van der Waals surface area contributed by atoms with Crippen LogP contribution in [0.3, 0.4) is 0 Å². The molecular weight excluding hydrogens is 352 g/mol. The molecule has 4 nitrogen and oxygen atoms in total. The average Bonchev–Trinajstić information content (AvgIpc) is 2.44. The second-order valence-corrected chi connectivity index (χ2v) is 7.29. The number of allylic oxidation sites excluding steroid dienone is 6. The Labute approximate surface area is 149 Å². The van der Waals surface area contributed by atoms with Gasteiger partial charge in [0.2, 0.25) is 0 Å². The second kappa shape index (κ2) is 9.63. The smallest absolute Gasteiger partial charge is 0.0753 e. The first-order chi connectivity index (χ1) is 10.6. The molecule has 0 heterocycles. The van der Waals surface area contributed by atoms with E-state index in [-0.39, 0.29) is 5.41 Å². The summed E-state index contributed by atoms with van der Waals surface area (Å²) in [6, 6.07) is 0. The van der Waals surface area contributed by atoms with Gasteiger partial charge in [0, 0.05) is 17.9 Å². The van der Waals surface area contributed by atoms with Crippen LogP contribution in [0, 0.1) is 5.41 Å². The molecule has 0 atom stereocenters. The van der Waals surface area contributed by atoms with E-state index in [1.54, 1.807) is 11.1 Å². The van der Waals surface area contributed by atoms with Crippen LogP contribution in [-0.4, -0.2) is 11.6 Å². The molecule has 5 N–H and O–H groups in total. The lowest BCUT2D eigenvalue weighted by Crippen LogP contribution is -2.38. The molecule has 0 bridgehead atoms. The van der Waals surface area contributed by atoms with Crippen molar-refractivity contribution in [3.8, 4) is 0 Å². The van der Waals surface area contributed by atoms with Crippen LogP contribution < -0.4 is 16.9 Å². The monoisotopic (exact) mass is 382 g/mol. The molecule has 23 heavy (non-hydrogen) atoms. The van der Waals surface area contributed by atoms with Crippen molar-refractivity contribution in [1.82, 2.24) is 10.3 Å². The van der Waals surface area contributed by atoms with Crippen molar-refractivity contribution in [3.63, 3.8) is 0 Å². The maximum Gasteiger partial charge on any atom is 0.0753 e. The minimum atomic E-state index is 0.0524. The Morgan fingerprint density at radius 2 is 1.87 bits per heavy atom. The summed E-state index contributed by atoms with van der Waals surface area (Å²) in [5.41, 5.74) is 9.48. The molecule has 0 saturated heterocycles. The van der Waals surface area contributed by atoms with E-state index in [9.17, 15) is 0 Å². The third-order valence-corrected chi connectivity index (χ3v) is 4.00. The first-order valence-electron chi connectivity index (χ1n) is 7.64. The van der Waals surface area contributed by atoms with Gasteiger partial charge in [-0.15, -0.1) is 0 Å². The van der Waals surface area contributed by atoms with Crippen molar-refractivity contribution in [2.24, 2.45) is 17.0 Å². The Kier molecular flexibility index (Phi) is 9.02. The number of hydrogen-bond acceptors (Lipinski definition) is 4. The number of hydrazine groups is 1. The SMILES string of the molecule is C=C/C(=C(N)\C(Br)=C(/C)NC(/C=C\C)=C/C)N(N)CC(C)(C)C. The highest BCUT2D eigenvalue weighted by Crippen LogP contribution is 2.24. The van der Waals surface area contributed by atoms with E-state index in [2.05, 4.69) is 48.6 Å². The zero-order chi connectivity index (χ0) is 18.2. The van der Waals surface area contributed by atoms with E-state index >= 15 is 0 Å². The molecule has 5 heteroatoms. The summed E-state index contributed by atoms with van der Waals surface area (Å²) < 4.78 is 0.764. The molecular formula is C18H31BrN4. The minimum Gasteiger partial charge on any atom is -0.396 e. The summed E-state index contributed by atoms with van der Waals surface area (Å²) in [6.45, 7) is 16.8. The van der Waals surface area contributed by atoms with Crippen molar-refractivity contribution in [2.75, 3.05) is 6.54 Å². The van der Waals surface area contributed by atoms with E-state index in [0.29, 0.717) is 17.9 Å². The van der Waals surface area contributed by atoms with Gasteiger partial charge in [-0.05, 0) is 54.3 Å². The lowest BCUT2D eigenvalue weighted by Gasteiger charge is -2.29. The Morgan fingerprint density at radius 3 is 2.26 bits per heavy atom. The number of nitrogens with two attached hydrogens (primary N) is 2. The van der Waals surface area contributed by atoms with Crippen LogP contribution in [0.4, 0.5) is 0 Å². The first kappa shape index (κ1) is 21.5. The maximum absolute atomic E-state index is 6.29. The van der Waals surface area contributed by atoms with E-state index < -0.39 is 0 Å². The van der Waals surface area contributed by atoms with Gasteiger partial charge in [-0.3, -0.25) is 0 Å². The number of nitrogens with zero attached hydrogens (tertiary/aromatic N) is 1. The standard InChI is InChI=1S/C18H31BrN4/c1-8-11-14(9-2)22-13(4)16(19)17(20)15(10-3)23(21)12-18(5,6)7/h8-11,22H,3,12,20-21H2,1-2,4-7H3/b11-8-,14-9+,16-13-,17-15-. The van der Waals surface area contributed by atoms with Crippen LogP contribution in [0.15, 0.2) is 58.2 Å². The highest BCUT2D eigenvalue weighted by atomic mass is 79.9. The molecule has 0 aliphatic rings. The maximum atomic E-state index is 6.29. The molecule has 0 aromatic rings. The van der Waals surface area contributed by atoms with Gasteiger partial charge in [-0.1, -0.05) is 39.5 Å². The Morgan fingerprint density at radius 1 is 1.30 bits per heavy atom. The second-order valence-electron chi connectivity index (χ2n) is 6.50. The summed E-state index contributed by atoms with van der Waals surface area (Å²) >= 11 is 3.56. The van der Waals surface area contributed by atoms with Gasteiger partial charge >= 0.3 is 0 Å². The van der Waals surface area contributed by atoms with Crippen LogP contribution in [0.2, 0.25) is 0 Å². The van der Waals surface area contributed by atoms with Crippen LogP contribution in [-0.2, 0) is 0 Å². The summed E-state index contributed by atoms with van der Waals surface area (Å²) in [6.07, 6.45) is 7.64. The minimum absolute atomic E-state index is 0.0524. The number of nitrogens with one attached hydrogen (secondary N) is 1.